The number of nitrogens with one attached hydrogen (secondary N) is 1. The molecule has 1 atom stereocenters. The Hall–Kier alpha value is -2.01. The van der Waals surface area contributed by atoms with E-state index in [1.165, 1.54) is 24.3 Å². The molecule has 0 aliphatic heterocycles. The van der Waals surface area contributed by atoms with Crippen molar-refractivity contribution in [1.82, 2.24) is 9.29 Å². The van der Waals surface area contributed by atoms with Crippen molar-refractivity contribution < 1.29 is 16.8 Å². The normalized spacial score (nSPS) is 13.8. The summed E-state index contributed by atoms with van der Waals surface area (Å²) in [4.78, 5) is 12.4. The van der Waals surface area contributed by atoms with Crippen LogP contribution in [0, 0.1) is 0 Å². The van der Waals surface area contributed by atoms with Crippen LogP contribution in [0.1, 0.15) is 44.8 Å². The lowest BCUT2D eigenvalue weighted by molar-refractivity contribution is 0.550. The Morgan fingerprint density at radius 3 is 2.13 bits per heavy atom. The maximum absolute atomic E-state index is 13.0. The minimum Gasteiger partial charge on any atom is -0.296 e. The minimum atomic E-state index is -3.85. The quantitative estimate of drug-likeness (QED) is 0.572. The molecule has 0 spiro atoms. The number of thiazole rings is 1. The Labute approximate surface area is 180 Å². The Bertz CT molecular complexity index is 1340. The van der Waals surface area contributed by atoms with Crippen LogP contribution in [0.25, 0.3) is 10.2 Å². The molecule has 0 saturated heterocycles. The first kappa shape index (κ1) is 22.7. The van der Waals surface area contributed by atoms with E-state index in [1.807, 2.05) is 20.8 Å². The van der Waals surface area contributed by atoms with Crippen LogP contribution in [0.4, 0.5) is 0 Å². The molecule has 0 aliphatic carbocycles. The van der Waals surface area contributed by atoms with Gasteiger partial charge in [0.2, 0.25) is 10.0 Å². The molecular formula is C20H24N2O5S3. The summed E-state index contributed by atoms with van der Waals surface area (Å²) in [5.74, 6) is 0. The fraction of sp³-hybridized carbons (Fsp3) is 0.350. The molecule has 1 N–H and O–H groups in total. The summed E-state index contributed by atoms with van der Waals surface area (Å²) in [5, 5.41) is 0. The Balaban J connectivity index is 1.93. The Kier molecular flexibility index (Phi) is 6.24. The molecule has 2 aromatic carbocycles. The van der Waals surface area contributed by atoms with Crippen molar-refractivity contribution in [1.29, 1.82) is 0 Å². The zero-order valence-corrected chi connectivity index (χ0v) is 19.6. The summed E-state index contributed by atoms with van der Waals surface area (Å²) in [5.41, 5.74) is 1.38. The predicted molar refractivity (Wildman–Crippen MR) is 119 cm³/mol. The number of nitrogens with zero attached hydrogens (tertiary/aromatic N) is 1. The SMILES string of the molecule is CC[C@@H](NS(=O)(=O)c1ccc2c(c1)sc(=O)n2C(C)C)c1ccc(S(C)(=O)=O)cc1. The first-order valence-electron chi connectivity index (χ1n) is 9.41. The molecule has 0 aliphatic rings. The molecule has 1 aromatic heterocycles. The zero-order valence-electron chi connectivity index (χ0n) is 17.1. The molecule has 0 saturated carbocycles. The van der Waals surface area contributed by atoms with E-state index in [0.717, 1.165) is 17.6 Å². The van der Waals surface area contributed by atoms with Gasteiger partial charge < -0.3 is 0 Å². The molecule has 3 aromatic rings. The molecule has 162 valence electrons. The molecule has 1 heterocycles. The predicted octanol–water partition coefficient (Wildman–Crippen LogP) is 3.48. The maximum Gasteiger partial charge on any atom is 0.308 e. The van der Waals surface area contributed by atoms with Crippen molar-refractivity contribution in [2.75, 3.05) is 6.26 Å². The third-order valence-corrected chi connectivity index (χ3v) is 8.34. The van der Waals surface area contributed by atoms with Crippen molar-refractivity contribution in [2.24, 2.45) is 0 Å². The van der Waals surface area contributed by atoms with Crippen LogP contribution in [-0.4, -0.2) is 27.7 Å². The van der Waals surface area contributed by atoms with Crippen LogP contribution in [0.2, 0.25) is 0 Å². The number of hydrogen-bond acceptors (Lipinski definition) is 6. The zero-order chi connectivity index (χ0) is 22.3. The third-order valence-electron chi connectivity index (χ3n) is 4.83. The average Bonchev–Trinajstić information content (AvgIpc) is 3.00. The van der Waals surface area contributed by atoms with Gasteiger partial charge in [0.05, 0.1) is 20.0 Å². The van der Waals surface area contributed by atoms with Gasteiger partial charge in [-0.1, -0.05) is 30.4 Å². The van der Waals surface area contributed by atoms with Gasteiger partial charge in [-0.2, -0.15) is 0 Å². The van der Waals surface area contributed by atoms with Gasteiger partial charge in [0.25, 0.3) is 0 Å². The van der Waals surface area contributed by atoms with Crippen LogP contribution < -0.4 is 9.60 Å². The van der Waals surface area contributed by atoms with Crippen LogP contribution >= 0.6 is 11.3 Å². The molecule has 0 bridgehead atoms. The number of sulfone groups is 1. The van der Waals surface area contributed by atoms with Crippen molar-refractivity contribution in [3.63, 3.8) is 0 Å². The van der Waals surface area contributed by atoms with Crippen molar-refractivity contribution in [2.45, 2.75) is 49.1 Å². The fourth-order valence-corrected chi connectivity index (χ4v) is 6.35. The monoisotopic (exact) mass is 468 g/mol. The molecule has 3 rings (SSSR count). The molecule has 0 unspecified atom stereocenters. The number of rotatable bonds is 7. The highest BCUT2D eigenvalue weighted by Gasteiger charge is 2.22. The van der Waals surface area contributed by atoms with Gasteiger partial charge in [0.1, 0.15) is 0 Å². The lowest BCUT2D eigenvalue weighted by atomic mass is 10.1. The Morgan fingerprint density at radius 2 is 1.60 bits per heavy atom. The summed E-state index contributed by atoms with van der Waals surface area (Å²) in [7, 11) is -7.17. The van der Waals surface area contributed by atoms with Crippen molar-refractivity contribution >= 4 is 41.4 Å². The van der Waals surface area contributed by atoms with E-state index in [2.05, 4.69) is 4.72 Å². The van der Waals surface area contributed by atoms with Gasteiger partial charge >= 0.3 is 4.87 Å². The van der Waals surface area contributed by atoms with E-state index in [1.54, 1.807) is 22.8 Å². The van der Waals surface area contributed by atoms with Crippen LogP contribution in [-0.2, 0) is 19.9 Å². The second kappa shape index (κ2) is 8.26. The summed E-state index contributed by atoms with van der Waals surface area (Å²) >= 11 is 1.02. The largest absolute Gasteiger partial charge is 0.308 e. The van der Waals surface area contributed by atoms with Crippen molar-refractivity contribution in [3.8, 4) is 0 Å². The molecule has 10 heteroatoms. The molecule has 0 amide bonds. The van der Waals surface area contributed by atoms with Gasteiger partial charge in [0.15, 0.2) is 9.84 Å². The van der Waals surface area contributed by atoms with E-state index in [-0.39, 0.29) is 20.7 Å². The van der Waals surface area contributed by atoms with Gasteiger partial charge in [-0.15, -0.1) is 0 Å². The molecule has 0 fully saturated rings. The third kappa shape index (κ3) is 4.51. The average molecular weight is 469 g/mol. The van der Waals surface area contributed by atoms with E-state index >= 15 is 0 Å². The first-order valence-corrected chi connectivity index (χ1v) is 13.6. The van der Waals surface area contributed by atoms with E-state index in [9.17, 15) is 21.6 Å². The van der Waals surface area contributed by atoms with Gasteiger partial charge in [-0.25, -0.2) is 21.6 Å². The fourth-order valence-electron chi connectivity index (χ4n) is 3.26. The molecule has 7 nitrogen and oxygen atoms in total. The first-order chi connectivity index (χ1) is 13.9. The van der Waals surface area contributed by atoms with Crippen LogP contribution in [0.3, 0.4) is 0 Å². The van der Waals surface area contributed by atoms with E-state index in [4.69, 9.17) is 0 Å². The summed E-state index contributed by atoms with van der Waals surface area (Å²) < 4.78 is 54.2. The Morgan fingerprint density at radius 1 is 1.00 bits per heavy atom. The highest BCUT2D eigenvalue weighted by molar-refractivity contribution is 7.90. The highest BCUT2D eigenvalue weighted by Crippen LogP contribution is 2.26. The lowest BCUT2D eigenvalue weighted by Crippen LogP contribution is -2.28. The highest BCUT2D eigenvalue weighted by atomic mass is 32.2. The number of hydrogen-bond donors (Lipinski definition) is 1. The molecule has 0 radical (unpaired) electrons. The van der Waals surface area contributed by atoms with Gasteiger partial charge in [0, 0.05) is 18.3 Å². The number of aromatic nitrogens is 1. The maximum atomic E-state index is 13.0. The van der Waals surface area contributed by atoms with E-state index < -0.39 is 25.9 Å². The topological polar surface area (TPSA) is 102 Å². The number of sulfonamides is 1. The number of benzene rings is 2. The van der Waals surface area contributed by atoms with Gasteiger partial charge in [-0.05, 0) is 56.2 Å². The van der Waals surface area contributed by atoms with Gasteiger partial charge in [-0.3, -0.25) is 9.36 Å². The number of fused-ring (bicyclic) bond motifs is 1. The second-order valence-electron chi connectivity index (χ2n) is 7.38. The minimum absolute atomic E-state index is 0.0220. The lowest BCUT2D eigenvalue weighted by Gasteiger charge is -2.18. The van der Waals surface area contributed by atoms with E-state index in [0.29, 0.717) is 22.2 Å². The smallest absolute Gasteiger partial charge is 0.296 e. The van der Waals surface area contributed by atoms with Crippen LogP contribution in [0.15, 0.2) is 57.1 Å². The summed E-state index contributed by atoms with van der Waals surface area (Å²) in [6, 6.07) is 10.3. The standard InChI is InChI=1S/C20H24N2O5S3/c1-5-17(14-6-8-15(9-7-14)29(4,24)25)21-30(26,27)16-10-11-18-19(12-16)28-20(23)22(18)13(2)3/h6-13,17,21H,5H2,1-4H3/t17-/m1/s1. The molecular weight excluding hydrogens is 444 g/mol. The van der Waals surface area contributed by atoms with Crippen LogP contribution in [0.5, 0.6) is 0 Å². The van der Waals surface area contributed by atoms with Crippen molar-refractivity contribution in [3.05, 3.63) is 57.7 Å². The summed E-state index contributed by atoms with van der Waals surface area (Å²) in [6.07, 6.45) is 1.61. The second-order valence-corrected chi connectivity index (χ2v) is 12.1. The summed E-state index contributed by atoms with van der Waals surface area (Å²) in [6.45, 7) is 5.65. The molecule has 30 heavy (non-hydrogen) atoms.